The van der Waals surface area contributed by atoms with Gasteiger partial charge in [-0.25, -0.2) is 0 Å². The molecule has 0 heterocycles. The normalized spacial score (nSPS) is 25.9. The topological polar surface area (TPSA) is 20.2 Å². The lowest BCUT2D eigenvalue weighted by Gasteiger charge is -2.30. The molecule has 0 aromatic heterocycles. The number of benzene rings is 1. The molecule has 14 heavy (non-hydrogen) atoms. The van der Waals surface area contributed by atoms with Gasteiger partial charge in [-0.1, -0.05) is 32.4 Å². The molecule has 0 aliphatic heterocycles. The smallest absolute Gasteiger partial charge is 0.119 e. The Morgan fingerprint density at radius 3 is 2.86 bits per heavy atom. The van der Waals surface area contributed by atoms with Crippen molar-refractivity contribution in [1.29, 1.82) is 0 Å². The van der Waals surface area contributed by atoms with Crippen molar-refractivity contribution < 1.29 is 5.11 Å². The van der Waals surface area contributed by atoms with E-state index in [2.05, 4.69) is 19.9 Å². The molecule has 0 radical (unpaired) electrons. The molecule has 2 unspecified atom stereocenters. The monoisotopic (exact) mass is 190 g/mol. The Bertz CT molecular complexity index is 330. The van der Waals surface area contributed by atoms with Gasteiger partial charge in [-0.15, -0.1) is 0 Å². The number of hydrogen-bond donors (Lipinski definition) is 1. The molecule has 1 aliphatic carbocycles. The summed E-state index contributed by atoms with van der Waals surface area (Å²) in [5, 5.41) is 9.73. The highest BCUT2D eigenvalue weighted by atomic mass is 16.3. The highest BCUT2D eigenvalue weighted by Gasteiger charge is 2.25. The van der Waals surface area contributed by atoms with Gasteiger partial charge in [0, 0.05) is 0 Å². The summed E-state index contributed by atoms with van der Waals surface area (Å²) < 4.78 is 0. The third kappa shape index (κ3) is 1.52. The molecular weight excluding hydrogens is 172 g/mol. The maximum absolute atomic E-state index is 9.73. The Kier molecular flexibility index (Phi) is 2.49. The van der Waals surface area contributed by atoms with Crippen LogP contribution in [0.15, 0.2) is 18.2 Å². The number of hydrogen-bond acceptors (Lipinski definition) is 1. The summed E-state index contributed by atoms with van der Waals surface area (Å²) in [5.74, 6) is 1.99. The van der Waals surface area contributed by atoms with Crippen LogP contribution in [0.5, 0.6) is 5.75 Å². The molecule has 1 N–H and O–H groups in total. The minimum absolute atomic E-state index is 0.490. The maximum Gasteiger partial charge on any atom is 0.119 e. The van der Waals surface area contributed by atoms with E-state index in [0.717, 1.165) is 18.8 Å². The van der Waals surface area contributed by atoms with Crippen molar-refractivity contribution in [2.24, 2.45) is 11.8 Å². The van der Waals surface area contributed by atoms with E-state index in [-0.39, 0.29) is 0 Å². The molecule has 0 saturated carbocycles. The van der Waals surface area contributed by atoms with Crippen molar-refractivity contribution in [2.45, 2.75) is 33.1 Å². The first-order chi connectivity index (χ1) is 6.72. The summed E-state index contributed by atoms with van der Waals surface area (Å²) in [6.45, 7) is 4.55. The average Bonchev–Trinajstić information content (AvgIpc) is 2.19. The van der Waals surface area contributed by atoms with Crippen LogP contribution in [0.3, 0.4) is 0 Å². The molecule has 0 bridgehead atoms. The molecule has 1 aromatic carbocycles. The Hall–Kier alpha value is -0.980. The van der Waals surface area contributed by atoms with E-state index in [1.807, 2.05) is 6.07 Å². The molecule has 0 saturated heterocycles. The molecule has 1 heteroatoms. The molecule has 0 amide bonds. The highest BCUT2D eigenvalue weighted by Crippen LogP contribution is 2.35. The minimum Gasteiger partial charge on any atom is -0.508 e. The predicted molar refractivity (Wildman–Crippen MR) is 58.5 cm³/mol. The zero-order chi connectivity index (χ0) is 10.1. The van der Waals surface area contributed by atoms with Crippen LogP contribution in [0, 0.1) is 11.8 Å². The SMILES string of the molecule is CCC1Cc2cccc(O)c2CC1C. The molecule has 1 nitrogen and oxygen atoms in total. The first-order valence-corrected chi connectivity index (χ1v) is 5.52. The Morgan fingerprint density at radius 2 is 2.14 bits per heavy atom. The summed E-state index contributed by atoms with van der Waals surface area (Å²) in [5.41, 5.74) is 2.54. The van der Waals surface area contributed by atoms with Crippen LogP contribution in [-0.2, 0) is 12.8 Å². The lowest BCUT2D eigenvalue weighted by Crippen LogP contribution is -2.22. The van der Waals surface area contributed by atoms with Gasteiger partial charge in [0.05, 0.1) is 0 Å². The first-order valence-electron chi connectivity index (χ1n) is 5.52. The van der Waals surface area contributed by atoms with E-state index >= 15 is 0 Å². The highest BCUT2D eigenvalue weighted by molar-refractivity contribution is 5.41. The van der Waals surface area contributed by atoms with Crippen LogP contribution in [0.25, 0.3) is 0 Å². The van der Waals surface area contributed by atoms with Crippen molar-refractivity contribution in [1.82, 2.24) is 0 Å². The second-order valence-electron chi connectivity index (χ2n) is 4.47. The standard InChI is InChI=1S/C13H18O/c1-3-10-8-11-5-4-6-13(14)12(11)7-9(10)2/h4-6,9-10,14H,3,7-8H2,1-2H3. The van der Waals surface area contributed by atoms with Gasteiger partial charge < -0.3 is 5.11 Å². The van der Waals surface area contributed by atoms with Crippen molar-refractivity contribution in [3.63, 3.8) is 0 Å². The molecule has 2 rings (SSSR count). The van der Waals surface area contributed by atoms with Crippen LogP contribution in [0.2, 0.25) is 0 Å². The Labute approximate surface area is 85.8 Å². The summed E-state index contributed by atoms with van der Waals surface area (Å²) in [6.07, 6.45) is 3.43. The number of aromatic hydroxyl groups is 1. The molecule has 76 valence electrons. The van der Waals surface area contributed by atoms with E-state index in [9.17, 15) is 5.11 Å². The van der Waals surface area contributed by atoms with Gasteiger partial charge in [-0.05, 0) is 41.9 Å². The third-order valence-electron chi connectivity index (χ3n) is 3.59. The zero-order valence-electron chi connectivity index (χ0n) is 8.96. The molecular formula is C13H18O. The second-order valence-corrected chi connectivity index (χ2v) is 4.47. The van der Waals surface area contributed by atoms with Crippen molar-refractivity contribution >= 4 is 0 Å². The van der Waals surface area contributed by atoms with Gasteiger partial charge in [0.25, 0.3) is 0 Å². The third-order valence-corrected chi connectivity index (χ3v) is 3.59. The van der Waals surface area contributed by atoms with E-state index < -0.39 is 0 Å². The van der Waals surface area contributed by atoms with E-state index in [4.69, 9.17) is 0 Å². The fourth-order valence-electron chi connectivity index (χ4n) is 2.57. The molecule has 0 spiro atoms. The molecule has 0 fully saturated rings. The van der Waals surface area contributed by atoms with E-state index in [1.54, 1.807) is 6.07 Å². The van der Waals surface area contributed by atoms with Gasteiger partial charge in [0.15, 0.2) is 0 Å². The Balaban J connectivity index is 2.35. The van der Waals surface area contributed by atoms with Crippen LogP contribution >= 0.6 is 0 Å². The van der Waals surface area contributed by atoms with Crippen LogP contribution < -0.4 is 0 Å². The lowest BCUT2D eigenvalue weighted by molar-refractivity contribution is 0.317. The summed E-state index contributed by atoms with van der Waals surface area (Å²) in [6, 6.07) is 5.91. The fraction of sp³-hybridized carbons (Fsp3) is 0.538. The largest absolute Gasteiger partial charge is 0.508 e. The maximum atomic E-state index is 9.73. The Morgan fingerprint density at radius 1 is 1.36 bits per heavy atom. The van der Waals surface area contributed by atoms with Gasteiger partial charge in [-0.3, -0.25) is 0 Å². The number of phenolic OH excluding ortho intramolecular Hbond substituents is 1. The van der Waals surface area contributed by atoms with Crippen LogP contribution in [0.4, 0.5) is 0 Å². The van der Waals surface area contributed by atoms with Gasteiger partial charge in [-0.2, -0.15) is 0 Å². The number of fused-ring (bicyclic) bond motifs is 1. The van der Waals surface area contributed by atoms with Crippen molar-refractivity contribution in [2.75, 3.05) is 0 Å². The molecule has 1 aromatic rings. The fourth-order valence-corrected chi connectivity index (χ4v) is 2.57. The van der Waals surface area contributed by atoms with Crippen molar-refractivity contribution in [3.8, 4) is 5.75 Å². The van der Waals surface area contributed by atoms with E-state index in [0.29, 0.717) is 11.7 Å². The van der Waals surface area contributed by atoms with Crippen molar-refractivity contribution in [3.05, 3.63) is 29.3 Å². The summed E-state index contributed by atoms with van der Waals surface area (Å²) in [4.78, 5) is 0. The summed E-state index contributed by atoms with van der Waals surface area (Å²) >= 11 is 0. The lowest BCUT2D eigenvalue weighted by atomic mass is 9.75. The second kappa shape index (κ2) is 3.64. The van der Waals surface area contributed by atoms with Gasteiger partial charge >= 0.3 is 0 Å². The average molecular weight is 190 g/mol. The van der Waals surface area contributed by atoms with Gasteiger partial charge in [0.2, 0.25) is 0 Å². The van der Waals surface area contributed by atoms with E-state index in [1.165, 1.54) is 17.5 Å². The number of phenols is 1. The minimum atomic E-state index is 0.490. The van der Waals surface area contributed by atoms with Crippen LogP contribution in [-0.4, -0.2) is 5.11 Å². The van der Waals surface area contributed by atoms with Crippen LogP contribution in [0.1, 0.15) is 31.4 Å². The molecule has 2 atom stereocenters. The van der Waals surface area contributed by atoms with Gasteiger partial charge in [0.1, 0.15) is 5.75 Å². The number of rotatable bonds is 1. The first kappa shape index (κ1) is 9.57. The predicted octanol–water partition coefficient (Wildman–Crippen LogP) is 3.15. The zero-order valence-corrected chi connectivity index (χ0v) is 8.96. The quantitative estimate of drug-likeness (QED) is 0.721. The molecule has 1 aliphatic rings. The summed E-state index contributed by atoms with van der Waals surface area (Å²) in [7, 11) is 0.